The molecule has 2 aromatic rings. The number of amides is 2. The van der Waals surface area contributed by atoms with Gasteiger partial charge in [0.05, 0.1) is 0 Å². The molecular weight excluding hydrogens is 419 g/mol. The van der Waals surface area contributed by atoms with Gasteiger partial charge in [-0.2, -0.15) is 0 Å². The van der Waals surface area contributed by atoms with Crippen LogP contribution in [0.4, 0.5) is 4.39 Å². The minimum Gasteiger partial charge on any atom is -0.484 e. The second-order valence-electron chi connectivity index (χ2n) is 9.28. The van der Waals surface area contributed by atoms with Gasteiger partial charge in [0.15, 0.2) is 6.61 Å². The normalized spacial score (nSPS) is 12.2. The zero-order valence-corrected chi connectivity index (χ0v) is 20.5. The number of carbonyl (C=O) groups excluding carboxylic acids is 2. The van der Waals surface area contributed by atoms with Crippen molar-refractivity contribution < 1.29 is 18.7 Å². The first kappa shape index (κ1) is 26.4. The smallest absolute Gasteiger partial charge is 0.261 e. The Morgan fingerprint density at radius 1 is 1.03 bits per heavy atom. The molecule has 0 aromatic heterocycles. The number of nitrogens with zero attached hydrogens (tertiary/aromatic N) is 1. The van der Waals surface area contributed by atoms with Crippen LogP contribution in [-0.4, -0.2) is 35.9 Å². The molecule has 0 aliphatic carbocycles. The third-order valence-electron chi connectivity index (χ3n) is 5.56. The van der Waals surface area contributed by atoms with E-state index < -0.39 is 6.04 Å². The molecule has 6 heteroatoms. The fourth-order valence-corrected chi connectivity index (χ4v) is 3.49. The van der Waals surface area contributed by atoms with Gasteiger partial charge < -0.3 is 15.0 Å². The van der Waals surface area contributed by atoms with E-state index in [9.17, 15) is 14.0 Å². The van der Waals surface area contributed by atoms with E-state index in [1.54, 1.807) is 12.1 Å². The van der Waals surface area contributed by atoms with Crippen LogP contribution in [0.3, 0.4) is 0 Å². The molecule has 2 rings (SSSR count). The van der Waals surface area contributed by atoms with Gasteiger partial charge in [-0.3, -0.25) is 9.59 Å². The van der Waals surface area contributed by atoms with E-state index in [2.05, 4.69) is 33.0 Å². The van der Waals surface area contributed by atoms with E-state index in [1.165, 1.54) is 22.6 Å². The summed E-state index contributed by atoms with van der Waals surface area (Å²) in [6, 6.07) is 13.0. The maximum atomic E-state index is 13.4. The zero-order valence-electron chi connectivity index (χ0n) is 20.5. The summed E-state index contributed by atoms with van der Waals surface area (Å²) in [5.41, 5.74) is 1.95. The molecule has 1 N–H and O–H groups in total. The van der Waals surface area contributed by atoms with Crippen LogP contribution in [-0.2, 0) is 21.5 Å². The maximum Gasteiger partial charge on any atom is 0.261 e. The molecule has 2 amide bonds. The van der Waals surface area contributed by atoms with Crippen LogP contribution in [0.15, 0.2) is 48.5 Å². The van der Waals surface area contributed by atoms with E-state index >= 15 is 0 Å². The molecule has 5 nitrogen and oxygen atoms in total. The molecule has 0 radical (unpaired) electrons. The van der Waals surface area contributed by atoms with Gasteiger partial charge >= 0.3 is 0 Å². The van der Waals surface area contributed by atoms with Gasteiger partial charge in [-0.05, 0) is 53.6 Å². The molecule has 0 fully saturated rings. The number of hydrogen-bond donors (Lipinski definition) is 1. The Morgan fingerprint density at radius 2 is 1.67 bits per heavy atom. The maximum absolute atomic E-state index is 13.4. The minimum absolute atomic E-state index is 0.0276. The van der Waals surface area contributed by atoms with E-state index in [0.29, 0.717) is 18.7 Å². The van der Waals surface area contributed by atoms with E-state index in [-0.39, 0.29) is 36.2 Å². The number of hydrogen-bond acceptors (Lipinski definition) is 3. The first-order valence-electron chi connectivity index (χ1n) is 11.7. The van der Waals surface area contributed by atoms with Crippen LogP contribution in [0, 0.1) is 5.82 Å². The van der Waals surface area contributed by atoms with Crippen molar-refractivity contribution in [3.8, 4) is 5.75 Å². The highest BCUT2D eigenvalue weighted by molar-refractivity contribution is 5.88. The molecule has 0 unspecified atom stereocenters. The van der Waals surface area contributed by atoms with Crippen LogP contribution in [0.2, 0.25) is 0 Å². The van der Waals surface area contributed by atoms with Crippen molar-refractivity contribution in [3.63, 3.8) is 0 Å². The van der Waals surface area contributed by atoms with Gasteiger partial charge in [-0.1, -0.05) is 65.3 Å². The predicted molar refractivity (Wildman–Crippen MR) is 130 cm³/mol. The van der Waals surface area contributed by atoms with Crippen LogP contribution >= 0.6 is 0 Å². The highest BCUT2D eigenvalue weighted by Crippen LogP contribution is 2.24. The third kappa shape index (κ3) is 8.19. The monoisotopic (exact) mass is 456 g/mol. The standard InChI is InChI=1S/C27H37FN2O3/c1-6-8-17-29-26(32)24(7-2)30(18-20-9-13-22(28)14-10-20)25(31)19-33-23-15-11-21(12-16-23)27(3,4)5/h9-16,24H,6-8,17-19H2,1-5H3,(H,29,32)/t24-/m0/s1. The number of carbonyl (C=O) groups is 2. The fraction of sp³-hybridized carbons (Fsp3) is 0.481. The zero-order chi connectivity index (χ0) is 24.4. The number of nitrogens with one attached hydrogen (secondary N) is 1. The first-order valence-corrected chi connectivity index (χ1v) is 11.7. The number of unbranched alkanes of at least 4 members (excludes halogenated alkanes) is 1. The topological polar surface area (TPSA) is 58.6 Å². The summed E-state index contributed by atoms with van der Waals surface area (Å²) in [7, 11) is 0. The Balaban J connectivity index is 2.15. The Hall–Kier alpha value is -2.89. The van der Waals surface area contributed by atoms with E-state index in [4.69, 9.17) is 4.74 Å². The number of halogens is 1. The lowest BCUT2D eigenvalue weighted by molar-refractivity contribution is -0.143. The summed E-state index contributed by atoms with van der Waals surface area (Å²) in [5, 5.41) is 2.93. The summed E-state index contributed by atoms with van der Waals surface area (Å²) < 4.78 is 19.1. The summed E-state index contributed by atoms with van der Waals surface area (Å²) in [5.74, 6) is -0.228. The van der Waals surface area contributed by atoms with Crippen molar-refractivity contribution in [2.45, 2.75) is 71.9 Å². The van der Waals surface area contributed by atoms with Gasteiger partial charge in [-0.25, -0.2) is 4.39 Å². The second-order valence-corrected chi connectivity index (χ2v) is 9.28. The highest BCUT2D eigenvalue weighted by atomic mass is 19.1. The summed E-state index contributed by atoms with van der Waals surface area (Å²) in [6.45, 7) is 10.9. The van der Waals surface area contributed by atoms with E-state index in [0.717, 1.165) is 18.4 Å². The van der Waals surface area contributed by atoms with Crippen molar-refractivity contribution >= 4 is 11.8 Å². The summed E-state index contributed by atoms with van der Waals surface area (Å²) >= 11 is 0. The molecule has 0 heterocycles. The van der Waals surface area contributed by atoms with Crippen molar-refractivity contribution in [1.82, 2.24) is 10.2 Å². The molecule has 180 valence electrons. The number of ether oxygens (including phenoxy) is 1. The van der Waals surface area contributed by atoms with Crippen molar-refractivity contribution in [2.75, 3.05) is 13.2 Å². The molecule has 0 saturated heterocycles. The van der Waals surface area contributed by atoms with Crippen molar-refractivity contribution in [2.24, 2.45) is 0 Å². The summed E-state index contributed by atoms with van der Waals surface area (Å²) in [4.78, 5) is 27.6. The van der Waals surface area contributed by atoms with Gasteiger partial charge in [-0.15, -0.1) is 0 Å². The van der Waals surface area contributed by atoms with Crippen LogP contribution in [0.1, 0.15) is 65.0 Å². The minimum atomic E-state index is -0.633. The molecular formula is C27H37FN2O3. The Morgan fingerprint density at radius 3 is 2.21 bits per heavy atom. The Bertz CT molecular complexity index is 889. The fourth-order valence-electron chi connectivity index (χ4n) is 3.49. The van der Waals surface area contributed by atoms with Gasteiger partial charge in [0.2, 0.25) is 5.91 Å². The lowest BCUT2D eigenvalue weighted by Gasteiger charge is -2.30. The SMILES string of the molecule is CCCCNC(=O)[C@H](CC)N(Cc1ccc(F)cc1)C(=O)COc1ccc(C(C)(C)C)cc1. The van der Waals surface area contributed by atoms with Gasteiger partial charge in [0, 0.05) is 13.1 Å². The number of rotatable bonds is 11. The van der Waals surface area contributed by atoms with Crippen LogP contribution in [0.5, 0.6) is 5.75 Å². The third-order valence-corrected chi connectivity index (χ3v) is 5.56. The Labute approximate surface area is 197 Å². The lowest BCUT2D eigenvalue weighted by Crippen LogP contribution is -2.50. The molecule has 33 heavy (non-hydrogen) atoms. The molecule has 1 atom stereocenters. The van der Waals surface area contributed by atoms with Gasteiger partial charge in [0.25, 0.3) is 5.91 Å². The molecule has 0 spiro atoms. The highest BCUT2D eigenvalue weighted by Gasteiger charge is 2.28. The molecule has 0 bridgehead atoms. The molecule has 2 aromatic carbocycles. The Kier molecular flexibility index (Phi) is 9.89. The van der Waals surface area contributed by atoms with E-state index in [1.807, 2.05) is 31.2 Å². The lowest BCUT2D eigenvalue weighted by atomic mass is 9.87. The number of benzene rings is 2. The largest absolute Gasteiger partial charge is 0.484 e. The average Bonchev–Trinajstić information content (AvgIpc) is 2.78. The summed E-state index contributed by atoms with van der Waals surface area (Å²) in [6.07, 6.45) is 2.31. The molecule has 0 saturated carbocycles. The predicted octanol–water partition coefficient (Wildman–Crippen LogP) is 5.23. The second kappa shape index (κ2) is 12.4. The average molecular weight is 457 g/mol. The van der Waals surface area contributed by atoms with Crippen LogP contribution in [0.25, 0.3) is 0 Å². The first-order chi connectivity index (χ1) is 15.7. The van der Waals surface area contributed by atoms with Crippen molar-refractivity contribution in [1.29, 1.82) is 0 Å². The van der Waals surface area contributed by atoms with Crippen LogP contribution < -0.4 is 10.1 Å². The molecule has 0 aliphatic heterocycles. The van der Waals surface area contributed by atoms with Crippen molar-refractivity contribution in [3.05, 3.63) is 65.5 Å². The molecule has 0 aliphatic rings. The van der Waals surface area contributed by atoms with Gasteiger partial charge in [0.1, 0.15) is 17.6 Å². The quantitative estimate of drug-likeness (QED) is 0.471.